The van der Waals surface area contributed by atoms with E-state index in [-0.39, 0.29) is 12.0 Å². The van der Waals surface area contributed by atoms with Crippen molar-refractivity contribution in [2.24, 2.45) is 0 Å². The molecule has 3 aromatic rings. The molecule has 0 aliphatic rings. The molecule has 0 radical (unpaired) electrons. The van der Waals surface area contributed by atoms with E-state index in [9.17, 15) is 0 Å². The van der Waals surface area contributed by atoms with Gasteiger partial charge in [0.15, 0.2) is 5.65 Å². The maximum Gasteiger partial charge on any atom is 0.224 e. The van der Waals surface area contributed by atoms with Gasteiger partial charge in [-0.25, -0.2) is 0 Å². The molecule has 0 aliphatic heterocycles. The van der Waals surface area contributed by atoms with Crippen LogP contribution in [0.5, 0.6) is 0 Å². The molecule has 21 heavy (non-hydrogen) atoms. The minimum atomic E-state index is 0.0797. The number of nitrogens with two attached hydrogens (primary N) is 1. The number of hydrogen-bond acceptors (Lipinski definition) is 5. The lowest BCUT2D eigenvalue weighted by molar-refractivity contribution is 0.732. The third kappa shape index (κ3) is 2.50. The number of anilines is 2. The Labute approximate surface area is 127 Å². The van der Waals surface area contributed by atoms with Crippen LogP contribution in [0.1, 0.15) is 18.5 Å². The molecule has 7 heteroatoms. The number of hydrogen-bond donors (Lipinski definition) is 2. The van der Waals surface area contributed by atoms with Crippen LogP contribution in [0.4, 0.5) is 11.8 Å². The Hall–Kier alpha value is -2.34. The highest BCUT2D eigenvalue weighted by molar-refractivity contribution is 6.30. The molecular formula is C14H15ClN6. The molecule has 1 atom stereocenters. The van der Waals surface area contributed by atoms with E-state index in [0.717, 1.165) is 16.8 Å². The van der Waals surface area contributed by atoms with Gasteiger partial charge >= 0.3 is 0 Å². The summed E-state index contributed by atoms with van der Waals surface area (Å²) in [7, 11) is 1.96. The number of aromatic nitrogens is 4. The predicted molar refractivity (Wildman–Crippen MR) is 84.4 cm³/mol. The van der Waals surface area contributed by atoms with Crippen molar-refractivity contribution in [2.45, 2.75) is 13.0 Å². The monoisotopic (exact) mass is 302 g/mol. The number of fused-ring (bicyclic) bond motifs is 1. The highest BCUT2D eigenvalue weighted by Gasteiger charge is 2.18. The molecule has 0 amide bonds. The zero-order chi connectivity index (χ0) is 15.0. The zero-order valence-corrected chi connectivity index (χ0v) is 12.5. The van der Waals surface area contributed by atoms with Crippen molar-refractivity contribution >= 4 is 34.4 Å². The fourth-order valence-electron chi connectivity index (χ4n) is 2.28. The highest BCUT2D eigenvalue weighted by Crippen LogP contribution is 2.30. The Morgan fingerprint density at radius 2 is 2.14 bits per heavy atom. The summed E-state index contributed by atoms with van der Waals surface area (Å²) in [5.41, 5.74) is 7.49. The van der Waals surface area contributed by atoms with Crippen LogP contribution in [-0.2, 0) is 0 Å². The van der Waals surface area contributed by atoms with Gasteiger partial charge in [0, 0.05) is 12.1 Å². The van der Waals surface area contributed by atoms with Gasteiger partial charge < -0.3 is 10.6 Å². The zero-order valence-electron chi connectivity index (χ0n) is 11.7. The summed E-state index contributed by atoms with van der Waals surface area (Å²) in [5, 5.41) is 8.36. The predicted octanol–water partition coefficient (Wildman–Crippen LogP) is 2.79. The number of nitrogens with zero attached hydrogens (tertiary/aromatic N) is 4. The average molecular weight is 303 g/mol. The van der Waals surface area contributed by atoms with E-state index in [2.05, 4.69) is 27.1 Å². The minimum Gasteiger partial charge on any atom is -0.368 e. The Morgan fingerprint density at radius 1 is 1.33 bits per heavy atom. The van der Waals surface area contributed by atoms with Crippen LogP contribution in [0.15, 0.2) is 30.5 Å². The molecular weight excluding hydrogens is 288 g/mol. The largest absolute Gasteiger partial charge is 0.368 e. The first-order valence-electron chi connectivity index (χ1n) is 6.51. The molecule has 2 aromatic heterocycles. The average Bonchev–Trinajstić information content (AvgIpc) is 2.93. The third-order valence-electron chi connectivity index (χ3n) is 3.55. The number of aromatic amines is 1. The Bertz CT molecular complexity index is 784. The second-order valence-corrected chi connectivity index (χ2v) is 5.32. The number of benzene rings is 1. The van der Waals surface area contributed by atoms with Crippen molar-refractivity contribution in [1.82, 2.24) is 20.2 Å². The molecule has 1 aromatic carbocycles. The lowest BCUT2D eigenvalue weighted by atomic mass is 10.1. The van der Waals surface area contributed by atoms with Crippen molar-refractivity contribution in [1.29, 1.82) is 0 Å². The normalized spacial score (nSPS) is 12.5. The van der Waals surface area contributed by atoms with E-state index in [1.807, 2.05) is 36.2 Å². The van der Waals surface area contributed by atoms with E-state index in [1.54, 1.807) is 6.20 Å². The summed E-state index contributed by atoms with van der Waals surface area (Å²) in [6.45, 7) is 2.08. The number of H-pyrrole nitrogens is 1. The van der Waals surface area contributed by atoms with E-state index in [1.165, 1.54) is 0 Å². The number of halogens is 1. The summed E-state index contributed by atoms with van der Waals surface area (Å²) >= 11 is 6.06. The molecule has 1 unspecified atom stereocenters. The van der Waals surface area contributed by atoms with Gasteiger partial charge in [-0.1, -0.05) is 23.7 Å². The molecule has 0 aliphatic carbocycles. The molecule has 3 N–H and O–H groups in total. The Balaban J connectivity index is 2.03. The van der Waals surface area contributed by atoms with Crippen molar-refractivity contribution in [3.63, 3.8) is 0 Å². The van der Waals surface area contributed by atoms with Crippen LogP contribution in [-0.4, -0.2) is 27.2 Å². The van der Waals surface area contributed by atoms with Gasteiger partial charge in [-0.15, -0.1) is 0 Å². The van der Waals surface area contributed by atoms with E-state index in [0.29, 0.717) is 10.7 Å². The second-order valence-electron chi connectivity index (χ2n) is 4.88. The van der Waals surface area contributed by atoms with Crippen molar-refractivity contribution < 1.29 is 0 Å². The fraction of sp³-hybridized carbons (Fsp3) is 0.214. The van der Waals surface area contributed by atoms with Crippen LogP contribution in [0.25, 0.3) is 11.0 Å². The van der Waals surface area contributed by atoms with Crippen molar-refractivity contribution in [3.8, 4) is 0 Å². The molecule has 3 rings (SSSR count). The van der Waals surface area contributed by atoms with Gasteiger partial charge in [0.05, 0.1) is 17.6 Å². The van der Waals surface area contributed by atoms with Gasteiger partial charge in [0.25, 0.3) is 0 Å². The number of nitrogen functional groups attached to an aromatic ring is 1. The lowest BCUT2D eigenvalue weighted by Crippen LogP contribution is -2.23. The molecule has 0 saturated carbocycles. The van der Waals surface area contributed by atoms with Crippen LogP contribution in [0.3, 0.4) is 0 Å². The molecule has 0 saturated heterocycles. The van der Waals surface area contributed by atoms with Gasteiger partial charge in [-0.05, 0) is 24.6 Å². The maximum absolute atomic E-state index is 6.06. The summed E-state index contributed by atoms with van der Waals surface area (Å²) in [6, 6.07) is 7.85. The summed E-state index contributed by atoms with van der Waals surface area (Å²) in [4.78, 5) is 10.5. The summed E-state index contributed by atoms with van der Waals surface area (Å²) < 4.78 is 0. The minimum absolute atomic E-state index is 0.0797. The van der Waals surface area contributed by atoms with Crippen molar-refractivity contribution in [2.75, 3.05) is 17.7 Å². The topological polar surface area (TPSA) is 83.7 Å². The number of rotatable bonds is 3. The standard InChI is InChI=1S/C14H15ClN6/c1-8(9-4-3-5-10(15)6-9)21(2)13-11-7-17-20-12(11)18-14(16)19-13/h3-8H,1-2H3,(H3,16,17,18,19,20). The SMILES string of the molecule is CC(c1cccc(Cl)c1)N(C)c1nc(N)nc2[nH]ncc12. The molecule has 0 bridgehead atoms. The van der Waals surface area contributed by atoms with Gasteiger partial charge in [0.2, 0.25) is 5.95 Å². The van der Waals surface area contributed by atoms with Gasteiger partial charge in [-0.3, -0.25) is 5.10 Å². The van der Waals surface area contributed by atoms with Crippen LogP contribution in [0.2, 0.25) is 5.02 Å². The van der Waals surface area contributed by atoms with Crippen LogP contribution >= 0.6 is 11.6 Å². The quantitative estimate of drug-likeness (QED) is 0.777. The maximum atomic E-state index is 6.06. The molecule has 0 spiro atoms. The lowest BCUT2D eigenvalue weighted by Gasteiger charge is -2.27. The molecule has 6 nitrogen and oxygen atoms in total. The molecule has 0 fully saturated rings. The first kappa shape index (κ1) is 13.6. The van der Waals surface area contributed by atoms with E-state index in [4.69, 9.17) is 17.3 Å². The van der Waals surface area contributed by atoms with E-state index >= 15 is 0 Å². The Kier molecular flexibility index (Phi) is 3.39. The Morgan fingerprint density at radius 3 is 2.90 bits per heavy atom. The van der Waals surface area contributed by atoms with Gasteiger partial charge in [0.1, 0.15) is 5.82 Å². The fourth-order valence-corrected chi connectivity index (χ4v) is 2.48. The molecule has 108 valence electrons. The first-order valence-corrected chi connectivity index (χ1v) is 6.89. The summed E-state index contributed by atoms with van der Waals surface area (Å²) in [6.07, 6.45) is 1.70. The van der Waals surface area contributed by atoms with E-state index < -0.39 is 0 Å². The highest BCUT2D eigenvalue weighted by atomic mass is 35.5. The number of nitrogens with one attached hydrogen (secondary N) is 1. The van der Waals surface area contributed by atoms with Crippen LogP contribution < -0.4 is 10.6 Å². The van der Waals surface area contributed by atoms with Crippen LogP contribution in [0, 0.1) is 0 Å². The smallest absolute Gasteiger partial charge is 0.224 e. The second kappa shape index (κ2) is 5.21. The van der Waals surface area contributed by atoms with Gasteiger partial charge in [-0.2, -0.15) is 15.1 Å². The molecule has 2 heterocycles. The summed E-state index contributed by atoms with van der Waals surface area (Å²) in [5.74, 6) is 0.950. The third-order valence-corrected chi connectivity index (χ3v) is 3.79. The van der Waals surface area contributed by atoms with Crippen molar-refractivity contribution in [3.05, 3.63) is 41.0 Å². The first-order chi connectivity index (χ1) is 10.1.